The molecule has 0 bridgehead atoms. The van der Waals surface area contributed by atoms with Gasteiger partial charge in [0, 0.05) is 12.1 Å². The second kappa shape index (κ2) is 6.99. The molecule has 112 valence electrons. The Hall–Kier alpha value is -1.20. The van der Waals surface area contributed by atoms with Crippen molar-refractivity contribution >= 4 is 18.3 Å². The summed E-state index contributed by atoms with van der Waals surface area (Å²) in [5.74, 6) is -2.30. The molecular weight excluding hydrogens is 286 g/mol. The summed E-state index contributed by atoms with van der Waals surface area (Å²) >= 11 is 0. The number of amides is 1. The molecule has 1 aliphatic rings. The van der Waals surface area contributed by atoms with Gasteiger partial charge in [-0.2, -0.15) is 0 Å². The standard InChI is InChI=1S/C14H18F2N2O.ClH/c1-14(4-6-17-7-5-14)9-18-13(19)10-2-3-11(15)12(16)8-10;/h2-3,8,17H,4-7,9H2,1H3,(H,18,19);1H. The van der Waals surface area contributed by atoms with E-state index >= 15 is 0 Å². The van der Waals surface area contributed by atoms with Crippen LogP contribution in [0.25, 0.3) is 0 Å². The molecule has 0 saturated carbocycles. The Morgan fingerprint density at radius 1 is 1.30 bits per heavy atom. The highest BCUT2D eigenvalue weighted by atomic mass is 35.5. The van der Waals surface area contributed by atoms with E-state index < -0.39 is 11.6 Å². The van der Waals surface area contributed by atoms with Gasteiger partial charge in [-0.25, -0.2) is 8.78 Å². The van der Waals surface area contributed by atoms with E-state index in [9.17, 15) is 13.6 Å². The van der Waals surface area contributed by atoms with E-state index in [1.54, 1.807) is 0 Å². The maximum Gasteiger partial charge on any atom is 0.251 e. The third kappa shape index (κ3) is 4.15. The van der Waals surface area contributed by atoms with Gasteiger partial charge in [-0.15, -0.1) is 12.4 Å². The van der Waals surface area contributed by atoms with Crippen molar-refractivity contribution in [2.45, 2.75) is 19.8 Å². The van der Waals surface area contributed by atoms with Crippen LogP contribution in [0.15, 0.2) is 18.2 Å². The third-order valence-corrected chi connectivity index (χ3v) is 3.67. The summed E-state index contributed by atoms with van der Waals surface area (Å²) in [6, 6.07) is 3.18. The van der Waals surface area contributed by atoms with Crippen LogP contribution in [0.5, 0.6) is 0 Å². The van der Waals surface area contributed by atoms with E-state index in [1.165, 1.54) is 6.07 Å². The van der Waals surface area contributed by atoms with Gasteiger partial charge < -0.3 is 10.6 Å². The van der Waals surface area contributed by atoms with Crippen LogP contribution in [0, 0.1) is 17.0 Å². The van der Waals surface area contributed by atoms with Gasteiger partial charge in [0.25, 0.3) is 5.91 Å². The highest BCUT2D eigenvalue weighted by molar-refractivity contribution is 5.94. The summed E-state index contributed by atoms with van der Waals surface area (Å²) in [5, 5.41) is 6.07. The first-order chi connectivity index (χ1) is 9.00. The number of nitrogens with one attached hydrogen (secondary N) is 2. The summed E-state index contributed by atoms with van der Waals surface area (Å²) in [4.78, 5) is 11.9. The number of hydrogen-bond donors (Lipinski definition) is 2. The van der Waals surface area contributed by atoms with Crippen molar-refractivity contribution in [1.29, 1.82) is 0 Å². The molecule has 0 radical (unpaired) electrons. The minimum Gasteiger partial charge on any atom is -0.351 e. The minimum atomic E-state index is -0.999. The van der Waals surface area contributed by atoms with E-state index in [4.69, 9.17) is 0 Å². The van der Waals surface area contributed by atoms with Gasteiger partial charge in [-0.3, -0.25) is 4.79 Å². The fourth-order valence-electron chi connectivity index (χ4n) is 2.24. The molecule has 1 saturated heterocycles. The monoisotopic (exact) mass is 304 g/mol. The van der Waals surface area contributed by atoms with Gasteiger partial charge in [0.2, 0.25) is 0 Å². The Morgan fingerprint density at radius 3 is 2.55 bits per heavy atom. The molecule has 0 aliphatic carbocycles. The molecule has 2 rings (SSSR count). The molecule has 2 N–H and O–H groups in total. The molecule has 1 amide bonds. The Morgan fingerprint density at radius 2 is 1.95 bits per heavy atom. The highest BCUT2D eigenvalue weighted by Gasteiger charge is 2.27. The zero-order valence-electron chi connectivity index (χ0n) is 11.3. The quantitative estimate of drug-likeness (QED) is 0.901. The second-order valence-electron chi connectivity index (χ2n) is 5.37. The average Bonchev–Trinajstić information content (AvgIpc) is 2.40. The maximum absolute atomic E-state index is 13.0. The maximum atomic E-state index is 13.0. The topological polar surface area (TPSA) is 41.1 Å². The van der Waals surface area contributed by atoms with Gasteiger partial charge in [0.1, 0.15) is 0 Å². The van der Waals surface area contributed by atoms with E-state index in [1.807, 2.05) is 0 Å². The van der Waals surface area contributed by atoms with Crippen LogP contribution in [0.3, 0.4) is 0 Å². The summed E-state index contributed by atoms with van der Waals surface area (Å²) in [6.45, 7) is 4.56. The molecule has 1 heterocycles. The van der Waals surface area contributed by atoms with Gasteiger partial charge in [0.05, 0.1) is 0 Å². The first-order valence-corrected chi connectivity index (χ1v) is 6.44. The fourth-order valence-corrected chi connectivity index (χ4v) is 2.24. The average molecular weight is 305 g/mol. The van der Waals surface area contributed by atoms with Crippen LogP contribution in [-0.4, -0.2) is 25.5 Å². The van der Waals surface area contributed by atoms with E-state index in [-0.39, 0.29) is 29.3 Å². The zero-order valence-corrected chi connectivity index (χ0v) is 12.2. The molecule has 0 aromatic heterocycles. The molecule has 1 aromatic carbocycles. The molecule has 0 spiro atoms. The van der Waals surface area contributed by atoms with Crippen LogP contribution >= 0.6 is 12.4 Å². The first-order valence-electron chi connectivity index (χ1n) is 6.44. The number of benzene rings is 1. The fraction of sp³-hybridized carbons (Fsp3) is 0.500. The number of hydrogen-bond acceptors (Lipinski definition) is 2. The Balaban J connectivity index is 0.00000200. The van der Waals surface area contributed by atoms with Crippen molar-refractivity contribution in [1.82, 2.24) is 10.6 Å². The SMILES string of the molecule is CC1(CNC(=O)c2ccc(F)c(F)c2)CCNCC1.Cl. The van der Waals surface area contributed by atoms with E-state index in [0.29, 0.717) is 6.54 Å². The Labute approximate surface area is 123 Å². The summed E-state index contributed by atoms with van der Waals surface area (Å²) < 4.78 is 25.8. The molecule has 3 nitrogen and oxygen atoms in total. The highest BCUT2D eigenvalue weighted by Crippen LogP contribution is 2.26. The van der Waals surface area contributed by atoms with Crippen LogP contribution in [0.1, 0.15) is 30.1 Å². The van der Waals surface area contributed by atoms with Crippen LogP contribution < -0.4 is 10.6 Å². The van der Waals surface area contributed by atoms with Gasteiger partial charge in [0.15, 0.2) is 11.6 Å². The molecule has 20 heavy (non-hydrogen) atoms. The predicted molar refractivity (Wildman–Crippen MR) is 76.1 cm³/mol. The zero-order chi connectivity index (χ0) is 13.9. The molecule has 1 aromatic rings. The number of halogens is 3. The van der Waals surface area contributed by atoms with E-state index in [0.717, 1.165) is 38.1 Å². The third-order valence-electron chi connectivity index (χ3n) is 3.67. The molecule has 1 aliphatic heterocycles. The molecule has 0 unspecified atom stereocenters. The van der Waals surface area contributed by atoms with Crippen LogP contribution in [-0.2, 0) is 0 Å². The van der Waals surface area contributed by atoms with Gasteiger partial charge in [-0.1, -0.05) is 6.92 Å². The predicted octanol–water partition coefficient (Wildman–Crippen LogP) is 2.51. The lowest BCUT2D eigenvalue weighted by Crippen LogP contribution is -2.42. The second-order valence-corrected chi connectivity index (χ2v) is 5.37. The molecule has 6 heteroatoms. The van der Waals surface area contributed by atoms with Crippen molar-refractivity contribution in [3.63, 3.8) is 0 Å². The lowest BCUT2D eigenvalue weighted by molar-refractivity contribution is 0.0921. The Bertz CT molecular complexity index is 476. The number of carbonyl (C=O) groups excluding carboxylic acids is 1. The van der Waals surface area contributed by atoms with Crippen molar-refractivity contribution in [3.05, 3.63) is 35.4 Å². The summed E-state index contributed by atoms with van der Waals surface area (Å²) in [7, 11) is 0. The minimum absolute atomic E-state index is 0. The molecule has 1 fully saturated rings. The van der Waals surface area contributed by atoms with Crippen molar-refractivity contribution < 1.29 is 13.6 Å². The van der Waals surface area contributed by atoms with Crippen LogP contribution in [0.2, 0.25) is 0 Å². The number of piperidine rings is 1. The molecule has 0 atom stereocenters. The van der Waals surface area contributed by atoms with Crippen molar-refractivity contribution in [2.75, 3.05) is 19.6 Å². The van der Waals surface area contributed by atoms with E-state index in [2.05, 4.69) is 17.6 Å². The summed E-state index contributed by atoms with van der Waals surface area (Å²) in [6.07, 6.45) is 1.98. The normalized spacial score (nSPS) is 17.1. The molecular formula is C14H19ClF2N2O. The first kappa shape index (κ1) is 16.9. The van der Waals surface area contributed by atoms with Gasteiger partial charge in [-0.05, 0) is 49.5 Å². The number of rotatable bonds is 3. The van der Waals surface area contributed by atoms with Crippen molar-refractivity contribution in [2.24, 2.45) is 5.41 Å². The lowest BCUT2D eigenvalue weighted by atomic mass is 9.81. The lowest BCUT2D eigenvalue weighted by Gasteiger charge is -2.34. The summed E-state index contributed by atoms with van der Waals surface area (Å²) in [5.41, 5.74) is 0.218. The van der Waals surface area contributed by atoms with Crippen LogP contribution in [0.4, 0.5) is 8.78 Å². The smallest absolute Gasteiger partial charge is 0.251 e. The Kier molecular flexibility index (Phi) is 5.89. The van der Waals surface area contributed by atoms with Crippen molar-refractivity contribution in [3.8, 4) is 0 Å². The van der Waals surface area contributed by atoms with Gasteiger partial charge >= 0.3 is 0 Å². The largest absolute Gasteiger partial charge is 0.351 e. The number of carbonyl (C=O) groups is 1.